The molecule has 0 spiro atoms. The van der Waals surface area contributed by atoms with E-state index in [1.54, 1.807) is 39.5 Å². The highest BCUT2D eigenvalue weighted by atomic mass is 32.2. The Bertz CT molecular complexity index is 901. The molecule has 0 aromatic heterocycles. The highest BCUT2D eigenvalue weighted by Crippen LogP contribution is 2.38. The molecule has 2 aromatic carbocycles. The predicted molar refractivity (Wildman–Crippen MR) is 104 cm³/mol. The lowest BCUT2D eigenvalue weighted by Gasteiger charge is -2.12. The minimum Gasteiger partial charge on any atom is -0.496 e. The Labute approximate surface area is 156 Å². The van der Waals surface area contributed by atoms with Crippen molar-refractivity contribution in [3.8, 4) is 17.2 Å². The lowest BCUT2D eigenvalue weighted by molar-refractivity contribution is -0.113. The number of rotatable bonds is 5. The van der Waals surface area contributed by atoms with Crippen molar-refractivity contribution in [2.45, 2.75) is 6.92 Å². The molecular weight excluding hydrogens is 350 g/mol. The van der Waals surface area contributed by atoms with Crippen molar-refractivity contribution in [1.82, 2.24) is 0 Å². The molecule has 1 aliphatic heterocycles. The van der Waals surface area contributed by atoms with Gasteiger partial charge in [0, 0.05) is 17.2 Å². The number of methoxy groups -OCH3 is 3. The molecule has 1 aliphatic rings. The van der Waals surface area contributed by atoms with Crippen LogP contribution in [0.2, 0.25) is 0 Å². The highest BCUT2D eigenvalue weighted by Gasteiger charge is 2.24. The predicted octanol–water partition coefficient (Wildman–Crippen LogP) is 4.08. The summed E-state index contributed by atoms with van der Waals surface area (Å²) in [6, 6.07) is 11.5. The van der Waals surface area contributed by atoms with Crippen LogP contribution in [0.15, 0.2) is 46.3 Å². The Morgan fingerprint density at radius 1 is 0.923 bits per heavy atom. The fourth-order valence-corrected chi connectivity index (χ4v) is 3.45. The van der Waals surface area contributed by atoms with Gasteiger partial charge in [-0.05, 0) is 19.1 Å². The number of thioether (sulfide) groups is 1. The normalized spacial score (nSPS) is 15.2. The van der Waals surface area contributed by atoms with Crippen LogP contribution in [0, 0.1) is 6.92 Å². The summed E-state index contributed by atoms with van der Waals surface area (Å²) in [7, 11) is 4.70. The average molecular weight is 369 g/mol. The number of nitrogens with zero attached hydrogens (tertiary/aromatic N) is 1. The molecule has 0 N–H and O–H groups in total. The lowest BCUT2D eigenvalue weighted by atomic mass is 10.1. The minimum atomic E-state index is -0.262. The van der Waals surface area contributed by atoms with Crippen LogP contribution < -0.4 is 14.2 Å². The molecular formula is C20H19NO4S. The van der Waals surface area contributed by atoms with Crippen molar-refractivity contribution in [2.24, 2.45) is 4.99 Å². The fourth-order valence-electron chi connectivity index (χ4n) is 2.54. The topological polar surface area (TPSA) is 57.1 Å². The van der Waals surface area contributed by atoms with E-state index in [9.17, 15) is 4.79 Å². The van der Waals surface area contributed by atoms with Gasteiger partial charge in [-0.2, -0.15) is 0 Å². The standard InChI is InChI=1S/C20H19NO4S/c1-12-5-7-13(8-6-12)20-21-19(22)18(26-20)10-14-9-16(24-3)17(25-4)11-15(14)23-2/h5-11H,1-4H3. The first kappa shape index (κ1) is 18.1. The average Bonchev–Trinajstić information content (AvgIpc) is 3.02. The van der Waals surface area contributed by atoms with Gasteiger partial charge in [0.1, 0.15) is 10.8 Å². The zero-order valence-corrected chi connectivity index (χ0v) is 15.8. The summed E-state index contributed by atoms with van der Waals surface area (Å²) in [5.41, 5.74) is 2.81. The van der Waals surface area contributed by atoms with E-state index in [4.69, 9.17) is 14.2 Å². The minimum absolute atomic E-state index is 0.262. The molecule has 0 saturated heterocycles. The van der Waals surface area contributed by atoms with Crippen LogP contribution in [0.25, 0.3) is 6.08 Å². The molecule has 0 atom stereocenters. The number of hydrogen-bond acceptors (Lipinski definition) is 5. The number of carbonyl (C=O) groups excluding carboxylic acids is 1. The Kier molecular flexibility index (Phi) is 5.32. The van der Waals surface area contributed by atoms with Gasteiger partial charge in [0.2, 0.25) is 0 Å². The molecule has 26 heavy (non-hydrogen) atoms. The maximum atomic E-state index is 12.3. The molecule has 0 fully saturated rings. The van der Waals surface area contributed by atoms with Crippen LogP contribution in [0.1, 0.15) is 16.7 Å². The van der Waals surface area contributed by atoms with Crippen LogP contribution >= 0.6 is 11.8 Å². The van der Waals surface area contributed by atoms with E-state index in [-0.39, 0.29) is 5.91 Å². The number of aliphatic imine (C=N–C) groups is 1. The molecule has 0 unspecified atom stereocenters. The molecule has 1 amide bonds. The number of benzene rings is 2. The molecule has 134 valence electrons. The summed E-state index contributed by atoms with van der Waals surface area (Å²) in [6.07, 6.45) is 1.76. The third-order valence-corrected chi connectivity index (χ3v) is 4.97. The van der Waals surface area contributed by atoms with Crippen molar-refractivity contribution in [2.75, 3.05) is 21.3 Å². The fraction of sp³-hybridized carbons (Fsp3) is 0.200. The van der Waals surface area contributed by atoms with Gasteiger partial charge in [-0.1, -0.05) is 41.6 Å². The Morgan fingerprint density at radius 3 is 2.15 bits per heavy atom. The summed E-state index contributed by atoms with van der Waals surface area (Å²) in [5, 5.41) is 0.695. The van der Waals surface area contributed by atoms with Crippen LogP contribution in [0.3, 0.4) is 0 Å². The van der Waals surface area contributed by atoms with Gasteiger partial charge in [-0.25, -0.2) is 4.99 Å². The third-order valence-electron chi connectivity index (χ3n) is 3.94. The Morgan fingerprint density at radius 2 is 1.54 bits per heavy atom. The van der Waals surface area contributed by atoms with E-state index < -0.39 is 0 Å². The van der Waals surface area contributed by atoms with Crippen molar-refractivity contribution >= 4 is 28.8 Å². The molecule has 0 saturated carbocycles. The lowest BCUT2D eigenvalue weighted by Crippen LogP contribution is -1.95. The van der Waals surface area contributed by atoms with Crippen molar-refractivity contribution in [1.29, 1.82) is 0 Å². The first-order valence-electron chi connectivity index (χ1n) is 7.95. The summed E-state index contributed by atoms with van der Waals surface area (Å²) < 4.78 is 16.0. The molecule has 3 rings (SSSR count). The number of amides is 1. The maximum absolute atomic E-state index is 12.3. The van der Waals surface area contributed by atoms with Crippen molar-refractivity contribution in [3.63, 3.8) is 0 Å². The highest BCUT2D eigenvalue weighted by molar-refractivity contribution is 8.19. The molecule has 2 aromatic rings. The number of aryl methyl sites for hydroxylation is 1. The summed E-state index contributed by atoms with van der Waals surface area (Å²) in [5.74, 6) is 1.46. The number of ether oxygens (including phenoxy) is 3. The van der Waals surface area contributed by atoms with Gasteiger partial charge in [0.15, 0.2) is 11.5 Å². The molecule has 1 heterocycles. The number of hydrogen-bond donors (Lipinski definition) is 0. The second-order valence-electron chi connectivity index (χ2n) is 5.65. The monoisotopic (exact) mass is 369 g/mol. The molecule has 0 aliphatic carbocycles. The van der Waals surface area contributed by atoms with Gasteiger partial charge < -0.3 is 14.2 Å². The summed E-state index contributed by atoms with van der Waals surface area (Å²) in [6.45, 7) is 2.02. The maximum Gasteiger partial charge on any atom is 0.284 e. The van der Waals surface area contributed by atoms with Crippen LogP contribution in [0.5, 0.6) is 17.2 Å². The smallest absolute Gasteiger partial charge is 0.284 e. The first-order valence-corrected chi connectivity index (χ1v) is 8.77. The van der Waals surface area contributed by atoms with E-state index in [0.29, 0.717) is 27.2 Å². The van der Waals surface area contributed by atoms with E-state index in [0.717, 1.165) is 16.7 Å². The zero-order valence-electron chi connectivity index (χ0n) is 15.0. The SMILES string of the molecule is COc1cc(OC)c(OC)cc1C=C1SC(c2ccc(C)cc2)=NC1=O. The first-order chi connectivity index (χ1) is 12.5. The quantitative estimate of drug-likeness (QED) is 0.743. The van der Waals surface area contributed by atoms with Crippen molar-refractivity contribution < 1.29 is 19.0 Å². The summed E-state index contributed by atoms with van der Waals surface area (Å²) in [4.78, 5) is 17.0. The van der Waals surface area contributed by atoms with Crippen LogP contribution in [0.4, 0.5) is 0 Å². The summed E-state index contributed by atoms with van der Waals surface area (Å²) >= 11 is 1.35. The zero-order chi connectivity index (χ0) is 18.7. The molecule has 5 nitrogen and oxygen atoms in total. The van der Waals surface area contributed by atoms with Gasteiger partial charge in [-0.15, -0.1) is 0 Å². The Hall–Kier alpha value is -2.73. The second-order valence-corrected chi connectivity index (χ2v) is 6.68. The molecule has 0 radical (unpaired) electrons. The molecule has 6 heteroatoms. The van der Waals surface area contributed by atoms with Gasteiger partial charge in [0.05, 0.1) is 26.2 Å². The van der Waals surface area contributed by atoms with Crippen LogP contribution in [-0.4, -0.2) is 32.3 Å². The number of carbonyl (C=O) groups is 1. The van der Waals surface area contributed by atoms with E-state index in [2.05, 4.69) is 4.99 Å². The van der Waals surface area contributed by atoms with Gasteiger partial charge in [-0.3, -0.25) is 4.79 Å². The van der Waals surface area contributed by atoms with Gasteiger partial charge >= 0.3 is 0 Å². The van der Waals surface area contributed by atoms with Crippen LogP contribution in [-0.2, 0) is 4.79 Å². The van der Waals surface area contributed by atoms with E-state index >= 15 is 0 Å². The third kappa shape index (κ3) is 3.60. The van der Waals surface area contributed by atoms with Gasteiger partial charge in [0.25, 0.3) is 5.91 Å². The van der Waals surface area contributed by atoms with E-state index in [1.807, 2.05) is 31.2 Å². The Balaban J connectivity index is 1.94. The van der Waals surface area contributed by atoms with Crippen molar-refractivity contribution in [3.05, 3.63) is 58.0 Å². The largest absolute Gasteiger partial charge is 0.496 e. The molecule has 0 bridgehead atoms. The second kappa shape index (κ2) is 7.66. The van der Waals surface area contributed by atoms with E-state index in [1.165, 1.54) is 11.8 Å².